The molecule has 182 valence electrons. The van der Waals surface area contributed by atoms with Gasteiger partial charge in [-0.1, -0.05) is 23.7 Å². The van der Waals surface area contributed by atoms with E-state index in [1.807, 2.05) is 19.0 Å². The maximum Gasteiger partial charge on any atom is 0.295 e. The van der Waals surface area contributed by atoms with Crippen molar-refractivity contribution in [3.05, 3.63) is 70.3 Å². The number of nitrogens with zero attached hydrogens (tertiary/aromatic N) is 3. The average molecular weight is 506 g/mol. The Kier molecular flexibility index (Phi) is 7.82. The topological polar surface area (TPSA) is 98.2 Å². The molecule has 1 atom stereocenters. The summed E-state index contributed by atoms with van der Waals surface area (Å²) in [6.07, 6.45) is 0.640. The van der Waals surface area contributed by atoms with Crippen LogP contribution in [0.5, 0.6) is 0 Å². The highest BCUT2D eigenvalue weighted by molar-refractivity contribution is 7.89. The molecule has 3 rings (SSSR count). The van der Waals surface area contributed by atoms with E-state index in [2.05, 4.69) is 0 Å². The lowest BCUT2D eigenvalue weighted by molar-refractivity contribution is -0.139. The highest BCUT2D eigenvalue weighted by Crippen LogP contribution is 2.39. The van der Waals surface area contributed by atoms with Gasteiger partial charge in [0, 0.05) is 31.2 Å². The summed E-state index contributed by atoms with van der Waals surface area (Å²) in [4.78, 5) is 29.5. The van der Waals surface area contributed by atoms with Crippen LogP contribution in [0.4, 0.5) is 0 Å². The van der Waals surface area contributed by atoms with E-state index in [1.54, 1.807) is 24.3 Å². The lowest BCUT2D eigenvalue weighted by Gasteiger charge is -2.26. The summed E-state index contributed by atoms with van der Waals surface area (Å²) in [5.74, 6) is -1.83. The van der Waals surface area contributed by atoms with Crippen molar-refractivity contribution in [3.8, 4) is 0 Å². The van der Waals surface area contributed by atoms with Gasteiger partial charge in [-0.2, -0.15) is 0 Å². The number of carbonyl (C=O) groups is 2. The minimum absolute atomic E-state index is 0.0413. The van der Waals surface area contributed by atoms with E-state index in [0.29, 0.717) is 23.6 Å². The molecule has 2 aromatic carbocycles. The van der Waals surface area contributed by atoms with Crippen molar-refractivity contribution in [1.29, 1.82) is 0 Å². The summed E-state index contributed by atoms with van der Waals surface area (Å²) >= 11 is 6.03. The number of ketones is 1. The monoisotopic (exact) mass is 505 g/mol. The van der Waals surface area contributed by atoms with Crippen LogP contribution in [0.3, 0.4) is 0 Å². The molecule has 1 heterocycles. The predicted molar refractivity (Wildman–Crippen MR) is 131 cm³/mol. The molecule has 1 saturated heterocycles. The van der Waals surface area contributed by atoms with Crippen LogP contribution in [0.15, 0.2) is 59.0 Å². The normalized spacial score (nSPS) is 18.3. The second-order valence-corrected chi connectivity index (χ2v) is 11.1. The van der Waals surface area contributed by atoms with Gasteiger partial charge in [0.15, 0.2) is 0 Å². The highest BCUT2D eigenvalue weighted by Gasteiger charge is 2.45. The van der Waals surface area contributed by atoms with Gasteiger partial charge in [0.25, 0.3) is 11.7 Å². The molecule has 10 heteroatoms. The third kappa shape index (κ3) is 5.17. The number of amides is 1. The van der Waals surface area contributed by atoms with Crippen LogP contribution in [0, 0.1) is 0 Å². The van der Waals surface area contributed by atoms with Gasteiger partial charge in [-0.15, -0.1) is 0 Å². The summed E-state index contributed by atoms with van der Waals surface area (Å²) in [7, 11) is 3.04. The van der Waals surface area contributed by atoms with E-state index in [4.69, 9.17) is 11.6 Å². The molecule has 8 nitrogen and oxygen atoms in total. The Morgan fingerprint density at radius 1 is 1.00 bits per heavy atom. The first-order chi connectivity index (χ1) is 15.9. The third-order valence-electron chi connectivity index (χ3n) is 5.64. The summed E-state index contributed by atoms with van der Waals surface area (Å²) in [5, 5.41) is 11.6. The maximum absolute atomic E-state index is 13.0. The van der Waals surface area contributed by atoms with E-state index in [1.165, 1.54) is 43.3 Å². The number of likely N-dealkylation sites (tertiary alicyclic amines) is 1. The van der Waals surface area contributed by atoms with E-state index in [-0.39, 0.29) is 21.8 Å². The van der Waals surface area contributed by atoms with Gasteiger partial charge >= 0.3 is 0 Å². The van der Waals surface area contributed by atoms with Gasteiger partial charge in [-0.3, -0.25) is 9.59 Å². The number of benzene rings is 2. The summed E-state index contributed by atoms with van der Waals surface area (Å²) in [6, 6.07) is 11.5. The Morgan fingerprint density at radius 2 is 1.59 bits per heavy atom. The first-order valence-corrected chi connectivity index (χ1v) is 12.5. The van der Waals surface area contributed by atoms with Crippen LogP contribution in [0.1, 0.15) is 23.6 Å². The van der Waals surface area contributed by atoms with Crippen molar-refractivity contribution in [3.63, 3.8) is 0 Å². The maximum atomic E-state index is 13.0. The molecule has 1 fully saturated rings. The van der Waals surface area contributed by atoms with Crippen LogP contribution in [-0.4, -0.2) is 80.6 Å². The van der Waals surface area contributed by atoms with Crippen molar-refractivity contribution < 1.29 is 23.1 Å². The van der Waals surface area contributed by atoms with Crippen molar-refractivity contribution in [2.24, 2.45) is 0 Å². The Bertz CT molecular complexity index is 1210. The molecule has 34 heavy (non-hydrogen) atoms. The molecular formula is C24H28ClN3O5S. The standard InChI is InChI=1S/C24H28ClN3O5S/c1-26(2)14-5-15-28-21(16-6-10-18(25)11-7-16)20(23(30)24(28)31)22(29)17-8-12-19(13-9-17)34(32,33)27(3)4/h6-13,21,29H,5,14-15H2,1-4H3/t21-/m0/s1. The molecule has 0 radical (unpaired) electrons. The SMILES string of the molecule is CN(C)CCCN1C(=O)C(=O)C(=C(O)c2ccc(S(=O)(=O)N(C)C)cc2)[C@@H]1c1ccc(Cl)cc1. The Labute approximate surface area is 205 Å². The molecule has 1 amide bonds. The Hall–Kier alpha value is -2.72. The number of hydrogen-bond donors (Lipinski definition) is 1. The number of rotatable bonds is 8. The van der Waals surface area contributed by atoms with Crippen molar-refractivity contribution in [2.45, 2.75) is 17.4 Å². The van der Waals surface area contributed by atoms with Crippen molar-refractivity contribution in [2.75, 3.05) is 41.3 Å². The number of Topliss-reactive ketones (excluding diaryl/α,β-unsaturated/α-hetero) is 1. The number of sulfonamides is 1. The van der Waals surface area contributed by atoms with Gasteiger partial charge < -0.3 is 14.9 Å². The smallest absolute Gasteiger partial charge is 0.295 e. The van der Waals surface area contributed by atoms with Crippen LogP contribution in [-0.2, 0) is 19.6 Å². The lowest BCUT2D eigenvalue weighted by Crippen LogP contribution is -2.32. The summed E-state index contributed by atoms with van der Waals surface area (Å²) in [5.41, 5.74) is 0.838. The molecule has 0 saturated carbocycles. The fourth-order valence-corrected chi connectivity index (χ4v) is 4.84. The van der Waals surface area contributed by atoms with Crippen LogP contribution in [0.25, 0.3) is 5.76 Å². The number of aliphatic hydroxyl groups is 1. The lowest BCUT2D eigenvalue weighted by atomic mass is 9.95. The number of aliphatic hydroxyl groups excluding tert-OH is 1. The highest BCUT2D eigenvalue weighted by atomic mass is 35.5. The van der Waals surface area contributed by atoms with E-state index in [9.17, 15) is 23.1 Å². The first-order valence-electron chi connectivity index (χ1n) is 10.7. The molecule has 0 spiro atoms. The summed E-state index contributed by atoms with van der Waals surface area (Å²) < 4.78 is 25.8. The van der Waals surface area contributed by atoms with Crippen LogP contribution >= 0.6 is 11.6 Å². The Balaban J connectivity index is 2.08. The molecule has 0 aromatic heterocycles. The third-order valence-corrected chi connectivity index (χ3v) is 7.72. The van der Waals surface area contributed by atoms with Crippen LogP contribution < -0.4 is 0 Å². The first kappa shape index (κ1) is 25.9. The molecule has 0 aliphatic carbocycles. The van der Waals surface area contributed by atoms with Gasteiger partial charge in [0.2, 0.25) is 10.0 Å². The number of hydrogen-bond acceptors (Lipinski definition) is 6. The largest absolute Gasteiger partial charge is 0.507 e. The minimum atomic E-state index is -3.65. The molecule has 0 unspecified atom stereocenters. The zero-order valence-electron chi connectivity index (χ0n) is 19.5. The molecule has 1 aliphatic rings. The molecule has 1 N–H and O–H groups in total. The second-order valence-electron chi connectivity index (χ2n) is 8.51. The zero-order chi connectivity index (χ0) is 25.2. The van der Waals surface area contributed by atoms with Gasteiger partial charge in [-0.25, -0.2) is 12.7 Å². The van der Waals surface area contributed by atoms with Crippen molar-refractivity contribution >= 4 is 39.1 Å². The molecule has 0 bridgehead atoms. The molecule has 1 aliphatic heterocycles. The number of halogens is 1. The summed E-state index contributed by atoms with van der Waals surface area (Å²) in [6.45, 7) is 1.05. The fourth-order valence-electron chi connectivity index (χ4n) is 3.81. The minimum Gasteiger partial charge on any atom is -0.507 e. The second kappa shape index (κ2) is 10.3. The van der Waals surface area contributed by atoms with Gasteiger partial charge in [0.1, 0.15) is 5.76 Å². The number of carbonyl (C=O) groups excluding carboxylic acids is 2. The van der Waals surface area contributed by atoms with E-state index < -0.39 is 27.8 Å². The van der Waals surface area contributed by atoms with Gasteiger partial charge in [0.05, 0.1) is 16.5 Å². The van der Waals surface area contributed by atoms with Crippen LogP contribution in [0.2, 0.25) is 5.02 Å². The quantitative estimate of drug-likeness (QED) is 0.336. The van der Waals surface area contributed by atoms with E-state index >= 15 is 0 Å². The van der Waals surface area contributed by atoms with Gasteiger partial charge in [-0.05, 0) is 69.0 Å². The molecular weight excluding hydrogens is 478 g/mol. The fraction of sp³-hybridized carbons (Fsp3) is 0.333. The zero-order valence-corrected chi connectivity index (χ0v) is 21.1. The van der Waals surface area contributed by atoms with E-state index in [0.717, 1.165) is 10.8 Å². The predicted octanol–water partition coefficient (Wildman–Crippen LogP) is 2.96. The average Bonchev–Trinajstić information content (AvgIpc) is 3.04. The molecule has 2 aromatic rings. The van der Waals surface area contributed by atoms with Crippen molar-refractivity contribution in [1.82, 2.24) is 14.1 Å². The Morgan fingerprint density at radius 3 is 2.12 bits per heavy atom.